The van der Waals surface area contributed by atoms with Crippen LogP contribution in [0, 0.1) is 11.6 Å². The molecule has 4 rings (SSSR count). The first-order chi connectivity index (χ1) is 14.9. The van der Waals surface area contributed by atoms with Crippen LogP contribution in [0.15, 0.2) is 30.3 Å². The maximum Gasteiger partial charge on any atom is 0.254 e. The molecule has 0 atom stereocenters. The topological polar surface area (TPSA) is 59.1 Å². The summed E-state index contributed by atoms with van der Waals surface area (Å²) < 4.78 is 37.8. The Morgan fingerprint density at radius 2 is 1.65 bits per heavy atom. The van der Waals surface area contributed by atoms with Gasteiger partial charge in [-0.05, 0) is 35.9 Å². The minimum Gasteiger partial charge on any atom is -0.489 e. The molecule has 2 amide bonds. The van der Waals surface area contributed by atoms with Crippen LogP contribution < -0.4 is 9.47 Å². The highest BCUT2D eigenvalue weighted by Crippen LogP contribution is 2.38. The quantitative estimate of drug-likeness (QED) is 0.720. The molecule has 1 saturated heterocycles. The second-order valence-corrected chi connectivity index (χ2v) is 7.84. The molecule has 0 spiro atoms. The van der Waals surface area contributed by atoms with Crippen LogP contribution in [0.2, 0.25) is 5.02 Å². The minimum atomic E-state index is -1.06. The van der Waals surface area contributed by atoms with Crippen molar-refractivity contribution in [1.29, 1.82) is 0 Å². The number of amides is 2. The van der Waals surface area contributed by atoms with Gasteiger partial charge >= 0.3 is 0 Å². The van der Waals surface area contributed by atoms with E-state index in [0.717, 1.165) is 24.1 Å². The molecule has 0 N–H and O–H groups in total. The molecule has 1 fully saturated rings. The summed E-state index contributed by atoms with van der Waals surface area (Å²) in [7, 11) is 0. The molecule has 0 radical (unpaired) electrons. The number of rotatable bonds is 3. The van der Waals surface area contributed by atoms with Gasteiger partial charge in [-0.3, -0.25) is 9.59 Å². The largest absolute Gasteiger partial charge is 0.489 e. The van der Waals surface area contributed by atoms with Gasteiger partial charge in [-0.2, -0.15) is 0 Å². The normalized spacial score (nSPS) is 16.1. The molecule has 6 nitrogen and oxygen atoms in total. The SMILES string of the molecule is O=C(Cc1cc(Cl)c2c(c1)OCCCO2)N1CCN(C(=O)c2ccc(F)c(F)c2)CC1. The van der Waals surface area contributed by atoms with E-state index in [1.165, 1.54) is 11.0 Å². The lowest BCUT2D eigenvalue weighted by Gasteiger charge is -2.35. The Morgan fingerprint density at radius 1 is 0.935 bits per heavy atom. The second kappa shape index (κ2) is 9.09. The fourth-order valence-electron chi connectivity index (χ4n) is 3.64. The van der Waals surface area contributed by atoms with Gasteiger partial charge in [0.15, 0.2) is 23.1 Å². The highest BCUT2D eigenvalue weighted by atomic mass is 35.5. The van der Waals surface area contributed by atoms with Crippen molar-refractivity contribution in [2.75, 3.05) is 39.4 Å². The maximum atomic E-state index is 13.4. The lowest BCUT2D eigenvalue weighted by molar-refractivity contribution is -0.131. The molecular formula is C22H21ClF2N2O4. The molecule has 2 aromatic rings. The number of piperazine rings is 1. The van der Waals surface area contributed by atoms with Crippen molar-refractivity contribution in [2.45, 2.75) is 12.8 Å². The van der Waals surface area contributed by atoms with Gasteiger partial charge < -0.3 is 19.3 Å². The molecule has 0 aromatic heterocycles. The summed E-state index contributed by atoms with van der Waals surface area (Å²) in [4.78, 5) is 28.5. The van der Waals surface area contributed by atoms with E-state index in [4.69, 9.17) is 21.1 Å². The third-order valence-electron chi connectivity index (χ3n) is 5.30. The maximum absolute atomic E-state index is 13.4. The molecule has 2 aliphatic heterocycles. The van der Waals surface area contributed by atoms with Crippen LogP contribution in [0.5, 0.6) is 11.5 Å². The smallest absolute Gasteiger partial charge is 0.254 e. The van der Waals surface area contributed by atoms with E-state index in [1.807, 2.05) is 0 Å². The van der Waals surface area contributed by atoms with Gasteiger partial charge in [0.1, 0.15) is 0 Å². The van der Waals surface area contributed by atoms with Crippen molar-refractivity contribution in [3.8, 4) is 11.5 Å². The van der Waals surface area contributed by atoms with Gasteiger partial charge in [0.05, 0.1) is 24.7 Å². The highest BCUT2D eigenvalue weighted by Gasteiger charge is 2.26. The Hall–Kier alpha value is -2.87. The monoisotopic (exact) mass is 450 g/mol. The van der Waals surface area contributed by atoms with E-state index in [-0.39, 0.29) is 23.8 Å². The zero-order chi connectivity index (χ0) is 22.0. The Labute approximate surface area is 183 Å². The van der Waals surface area contributed by atoms with E-state index in [1.54, 1.807) is 17.0 Å². The number of halogens is 3. The van der Waals surface area contributed by atoms with Gasteiger partial charge in [-0.25, -0.2) is 8.78 Å². The number of carbonyl (C=O) groups excluding carboxylic acids is 2. The molecule has 164 valence electrons. The summed E-state index contributed by atoms with van der Waals surface area (Å²) in [5.41, 5.74) is 0.806. The minimum absolute atomic E-state index is 0.0838. The van der Waals surface area contributed by atoms with Crippen LogP contribution >= 0.6 is 11.6 Å². The lowest BCUT2D eigenvalue weighted by atomic mass is 10.1. The number of benzene rings is 2. The van der Waals surface area contributed by atoms with Crippen LogP contribution in [0.25, 0.3) is 0 Å². The number of carbonyl (C=O) groups is 2. The van der Waals surface area contributed by atoms with Crippen molar-refractivity contribution in [2.24, 2.45) is 0 Å². The van der Waals surface area contributed by atoms with Gasteiger partial charge in [0, 0.05) is 38.2 Å². The van der Waals surface area contributed by atoms with Crippen molar-refractivity contribution < 1.29 is 27.8 Å². The average Bonchev–Trinajstić information content (AvgIpc) is 3.01. The summed E-state index contributed by atoms with van der Waals surface area (Å²) in [6.45, 7) is 2.38. The summed E-state index contributed by atoms with van der Waals surface area (Å²) in [5, 5.41) is 0.407. The summed E-state index contributed by atoms with van der Waals surface area (Å²) in [6, 6.07) is 6.56. The number of nitrogens with zero attached hydrogens (tertiary/aromatic N) is 2. The molecule has 2 heterocycles. The second-order valence-electron chi connectivity index (χ2n) is 7.43. The van der Waals surface area contributed by atoms with E-state index >= 15 is 0 Å². The number of ether oxygens (including phenoxy) is 2. The predicted octanol–water partition coefficient (Wildman–Crippen LogP) is 3.31. The third kappa shape index (κ3) is 4.74. The average molecular weight is 451 g/mol. The summed E-state index contributed by atoms with van der Waals surface area (Å²) >= 11 is 6.30. The molecular weight excluding hydrogens is 430 g/mol. The molecule has 0 unspecified atom stereocenters. The number of hydrogen-bond acceptors (Lipinski definition) is 4. The van der Waals surface area contributed by atoms with Crippen LogP contribution in [-0.4, -0.2) is 61.0 Å². The summed E-state index contributed by atoms with van der Waals surface area (Å²) in [6.07, 6.45) is 0.903. The Morgan fingerprint density at radius 3 is 2.39 bits per heavy atom. The van der Waals surface area contributed by atoms with Crippen LogP contribution in [0.3, 0.4) is 0 Å². The highest BCUT2D eigenvalue weighted by molar-refractivity contribution is 6.32. The Kier molecular flexibility index (Phi) is 6.27. The standard InChI is InChI=1S/C22H21ClF2N2O4/c23-16-10-14(11-19-21(16)31-9-1-8-30-19)12-20(28)26-4-6-27(7-5-26)22(29)15-2-3-17(24)18(25)13-15/h2-3,10-11,13H,1,4-9,12H2. The molecule has 31 heavy (non-hydrogen) atoms. The first-order valence-electron chi connectivity index (χ1n) is 10.0. The van der Waals surface area contributed by atoms with Crippen molar-refractivity contribution in [3.05, 3.63) is 58.1 Å². The lowest BCUT2D eigenvalue weighted by Crippen LogP contribution is -2.51. The van der Waals surface area contributed by atoms with Crippen molar-refractivity contribution in [1.82, 2.24) is 9.80 Å². The summed E-state index contributed by atoms with van der Waals surface area (Å²) in [5.74, 6) is -1.50. The third-order valence-corrected chi connectivity index (χ3v) is 5.58. The fraction of sp³-hybridized carbons (Fsp3) is 0.364. The van der Waals surface area contributed by atoms with E-state index in [9.17, 15) is 18.4 Å². The molecule has 9 heteroatoms. The van der Waals surface area contributed by atoms with Gasteiger partial charge in [-0.1, -0.05) is 11.6 Å². The van der Waals surface area contributed by atoms with Crippen LogP contribution in [-0.2, 0) is 11.2 Å². The zero-order valence-electron chi connectivity index (χ0n) is 16.7. The predicted molar refractivity (Wildman–Crippen MR) is 110 cm³/mol. The Balaban J connectivity index is 1.36. The number of hydrogen-bond donors (Lipinski definition) is 0. The molecule has 0 aliphatic carbocycles. The van der Waals surface area contributed by atoms with Gasteiger partial charge in [0.2, 0.25) is 5.91 Å². The first kappa shape index (κ1) is 21.4. The van der Waals surface area contributed by atoms with Crippen LogP contribution in [0.1, 0.15) is 22.3 Å². The fourth-order valence-corrected chi connectivity index (χ4v) is 3.93. The van der Waals surface area contributed by atoms with Gasteiger partial charge in [-0.15, -0.1) is 0 Å². The Bertz CT molecular complexity index is 1010. The van der Waals surface area contributed by atoms with Crippen LogP contribution in [0.4, 0.5) is 8.78 Å². The zero-order valence-corrected chi connectivity index (χ0v) is 17.5. The van der Waals surface area contributed by atoms with Crippen molar-refractivity contribution >= 4 is 23.4 Å². The molecule has 2 aliphatic rings. The molecule has 0 saturated carbocycles. The number of fused-ring (bicyclic) bond motifs is 1. The van der Waals surface area contributed by atoms with Crippen molar-refractivity contribution in [3.63, 3.8) is 0 Å². The van der Waals surface area contributed by atoms with E-state index in [0.29, 0.717) is 55.9 Å². The molecule has 2 aromatic carbocycles. The van der Waals surface area contributed by atoms with Gasteiger partial charge in [0.25, 0.3) is 5.91 Å². The van der Waals surface area contributed by atoms with E-state index in [2.05, 4.69) is 0 Å². The van der Waals surface area contributed by atoms with E-state index < -0.39 is 11.6 Å². The molecule has 0 bridgehead atoms. The first-order valence-corrected chi connectivity index (χ1v) is 10.4.